The summed E-state index contributed by atoms with van der Waals surface area (Å²) in [4.78, 5) is 18.7. The van der Waals surface area contributed by atoms with E-state index in [1.165, 1.54) is 12.8 Å². The van der Waals surface area contributed by atoms with Crippen LogP contribution in [0.4, 0.5) is 11.6 Å². The molecule has 1 aromatic heterocycles. The van der Waals surface area contributed by atoms with E-state index in [2.05, 4.69) is 52.9 Å². The van der Waals surface area contributed by atoms with Crippen LogP contribution in [0.3, 0.4) is 0 Å². The van der Waals surface area contributed by atoms with E-state index in [1.807, 2.05) is 4.90 Å². The fourth-order valence-corrected chi connectivity index (χ4v) is 3.56. The second kappa shape index (κ2) is 8.02. The summed E-state index contributed by atoms with van der Waals surface area (Å²) < 4.78 is 0. The summed E-state index contributed by atoms with van der Waals surface area (Å²) in [6, 6.07) is 4.17. The average molecular weight is 345 g/mol. The Kier molecular flexibility index (Phi) is 5.76. The lowest BCUT2D eigenvalue weighted by molar-refractivity contribution is -0.132. The maximum absolute atomic E-state index is 12.2. The lowest BCUT2D eigenvalue weighted by Gasteiger charge is -2.36. The summed E-state index contributed by atoms with van der Waals surface area (Å²) in [6.07, 6.45) is 3.11. The van der Waals surface area contributed by atoms with Crippen molar-refractivity contribution in [3.05, 3.63) is 12.1 Å². The number of amides is 1. The van der Waals surface area contributed by atoms with Crippen LogP contribution in [0.1, 0.15) is 40.0 Å². The Balaban J connectivity index is 1.53. The van der Waals surface area contributed by atoms with E-state index in [0.717, 1.165) is 56.8 Å². The summed E-state index contributed by atoms with van der Waals surface area (Å²) in [5, 5.41) is 8.90. The highest BCUT2D eigenvalue weighted by atomic mass is 16.2. The molecule has 0 atom stereocenters. The normalized spacial score (nSPS) is 19.6. The monoisotopic (exact) mass is 345 g/mol. The third kappa shape index (κ3) is 4.61. The van der Waals surface area contributed by atoms with Gasteiger partial charge in [0, 0.05) is 45.7 Å². The lowest BCUT2D eigenvalue weighted by Crippen LogP contribution is -2.49. The van der Waals surface area contributed by atoms with Crippen molar-refractivity contribution in [3.63, 3.8) is 0 Å². The van der Waals surface area contributed by atoms with E-state index in [4.69, 9.17) is 0 Å². The van der Waals surface area contributed by atoms with Gasteiger partial charge in [0.15, 0.2) is 11.6 Å². The molecule has 0 bridgehead atoms. The van der Waals surface area contributed by atoms with Crippen LogP contribution in [0.2, 0.25) is 0 Å². The van der Waals surface area contributed by atoms with Gasteiger partial charge in [-0.3, -0.25) is 4.79 Å². The molecule has 138 valence electrons. The molecular weight excluding hydrogens is 314 g/mol. The first-order valence-corrected chi connectivity index (χ1v) is 9.64. The first-order valence-electron chi connectivity index (χ1n) is 9.64. The minimum absolute atomic E-state index is 0.274. The number of piperazine rings is 1. The Morgan fingerprint density at radius 2 is 1.52 bits per heavy atom. The van der Waals surface area contributed by atoms with Crippen molar-refractivity contribution in [1.29, 1.82) is 0 Å². The van der Waals surface area contributed by atoms with Crippen LogP contribution in [0.25, 0.3) is 0 Å². The standard InChI is InChI=1S/C19H31N5O/c1-15(2)14-19(25)24-12-10-23(11-13-24)18-5-4-17(20-21-18)22-8-6-16(3)7-9-22/h4-5,15-16H,6-14H2,1-3H3. The molecule has 0 unspecified atom stereocenters. The molecule has 3 heterocycles. The Bertz CT molecular complexity index is 558. The number of hydrogen-bond acceptors (Lipinski definition) is 5. The third-order valence-corrected chi connectivity index (χ3v) is 5.28. The molecule has 25 heavy (non-hydrogen) atoms. The fourth-order valence-electron chi connectivity index (χ4n) is 3.56. The molecule has 2 aliphatic heterocycles. The van der Waals surface area contributed by atoms with Gasteiger partial charge in [-0.25, -0.2) is 0 Å². The van der Waals surface area contributed by atoms with Crippen LogP contribution in [0.15, 0.2) is 12.1 Å². The van der Waals surface area contributed by atoms with E-state index >= 15 is 0 Å². The number of carbonyl (C=O) groups is 1. The summed E-state index contributed by atoms with van der Waals surface area (Å²) in [6.45, 7) is 11.9. The molecule has 2 aliphatic rings. The molecule has 6 nitrogen and oxygen atoms in total. The third-order valence-electron chi connectivity index (χ3n) is 5.28. The van der Waals surface area contributed by atoms with E-state index in [-0.39, 0.29) is 5.91 Å². The Morgan fingerprint density at radius 1 is 1.00 bits per heavy atom. The van der Waals surface area contributed by atoms with Crippen molar-refractivity contribution in [2.45, 2.75) is 40.0 Å². The van der Waals surface area contributed by atoms with Crippen LogP contribution >= 0.6 is 0 Å². The molecule has 0 spiro atoms. The molecule has 6 heteroatoms. The number of nitrogens with zero attached hydrogens (tertiary/aromatic N) is 5. The number of carbonyl (C=O) groups excluding carboxylic acids is 1. The van der Waals surface area contributed by atoms with Gasteiger partial charge in [0.2, 0.25) is 5.91 Å². The molecule has 0 N–H and O–H groups in total. The number of aromatic nitrogens is 2. The summed E-state index contributed by atoms with van der Waals surface area (Å²) in [5.41, 5.74) is 0. The van der Waals surface area contributed by atoms with Gasteiger partial charge in [0.05, 0.1) is 0 Å². The molecule has 0 saturated carbocycles. The van der Waals surface area contributed by atoms with Crippen LogP contribution < -0.4 is 9.80 Å². The number of rotatable bonds is 4. The number of anilines is 2. The zero-order valence-corrected chi connectivity index (χ0v) is 15.8. The molecule has 3 rings (SSSR count). The zero-order chi connectivity index (χ0) is 17.8. The second-order valence-corrected chi connectivity index (χ2v) is 7.89. The maximum atomic E-state index is 12.2. The summed E-state index contributed by atoms with van der Waals surface area (Å²) >= 11 is 0. The SMILES string of the molecule is CC(C)CC(=O)N1CCN(c2ccc(N3CCC(C)CC3)nn2)CC1. The van der Waals surface area contributed by atoms with Crippen molar-refractivity contribution in [2.75, 3.05) is 49.1 Å². The van der Waals surface area contributed by atoms with E-state index < -0.39 is 0 Å². The highest BCUT2D eigenvalue weighted by Crippen LogP contribution is 2.22. The first kappa shape index (κ1) is 18.0. The minimum Gasteiger partial charge on any atom is -0.355 e. The van der Waals surface area contributed by atoms with Crippen molar-refractivity contribution < 1.29 is 4.79 Å². The van der Waals surface area contributed by atoms with Crippen LogP contribution in [-0.4, -0.2) is 60.3 Å². The van der Waals surface area contributed by atoms with Gasteiger partial charge in [0.25, 0.3) is 0 Å². The molecule has 2 fully saturated rings. The largest absolute Gasteiger partial charge is 0.355 e. The summed E-state index contributed by atoms with van der Waals surface area (Å²) in [7, 11) is 0. The quantitative estimate of drug-likeness (QED) is 0.839. The molecule has 0 aromatic carbocycles. The molecule has 1 aromatic rings. The average Bonchev–Trinajstić information content (AvgIpc) is 2.62. The molecule has 1 amide bonds. The van der Waals surface area contributed by atoms with Crippen LogP contribution in [-0.2, 0) is 4.79 Å². The molecule has 0 aliphatic carbocycles. The number of hydrogen-bond donors (Lipinski definition) is 0. The molecule has 0 radical (unpaired) electrons. The highest BCUT2D eigenvalue weighted by molar-refractivity contribution is 5.76. The van der Waals surface area contributed by atoms with Crippen LogP contribution in [0, 0.1) is 11.8 Å². The first-order chi connectivity index (χ1) is 12.0. The van der Waals surface area contributed by atoms with Crippen molar-refractivity contribution >= 4 is 17.5 Å². The highest BCUT2D eigenvalue weighted by Gasteiger charge is 2.23. The van der Waals surface area contributed by atoms with Crippen molar-refractivity contribution in [1.82, 2.24) is 15.1 Å². The predicted octanol–water partition coefficient (Wildman–Crippen LogP) is 2.41. The Labute approximate surface area is 151 Å². The second-order valence-electron chi connectivity index (χ2n) is 7.89. The van der Waals surface area contributed by atoms with Gasteiger partial charge in [0.1, 0.15) is 0 Å². The van der Waals surface area contributed by atoms with Gasteiger partial charge in [-0.15, -0.1) is 10.2 Å². The topological polar surface area (TPSA) is 52.6 Å². The van der Waals surface area contributed by atoms with Gasteiger partial charge in [-0.2, -0.15) is 0 Å². The van der Waals surface area contributed by atoms with Crippen molar-refractivity contribution in [3.8, 4) is 0 Å². The van der Waals surface area contributed by atoms with Gasteiger partial charge in [-0.1, -0.05) is 20.8 Å². The summed E-state index contributed by atoms with van der Waals surface area (Å²) in [5.74, 6) is 3.42. The van der Waals surface area contributed by atoms with Gasteiger partial charge < -0.3 is 14.7 Å². The minimum atomic E-state index is 0.274. The van der Waals surface area contributed by atoms with Gasteiger partial charge in [-0.05, 0) is 36.8 Å². The van der Waals surface area contributed by atoms with E-state index in [0.29, 0.717) is 12.3 Å². The molecule has 2 saturated heterocycles. The number of piperidine rings is 1. The van der Waals surface area contributed by atoms with Crippen molar-refractivity contribution in [2.24, 2.45) is 11.8 Å². The van der Waals surface area contributed by atoms with Crippen LogP contribution in [0.5, 0.6) is 0 Å². The van der Waals surface area contributed by atoms with E-state index in [1.54, 1.807) is 0 Å². The van der Waals surface area contributed by atoms with Gasteiger partial charge >= 0.3 is 0 Å². The van der Waals surface area contributed by atoms with E-state index in [9.17, 15) is 4.79 Å². The fraction of sp³-hybridized carbons (Fsp3) is 0.737. The maximum Gasteiger partial charge on any atom is 0.222 e. The smallest absolute Gasteiger partial charge is 0.222 e. The Hall–Kier alpha value is -1.85. The predicted molar refractivity (Wildman–Crippen MR) is 101 cm³/mol. The Morgan fingerprint density at radius 3 is 2.00 bits per heavy atom. The lowest BCUT2D eigenvalue weighted by atomic mass is 9.99. The molecular formula is C19H31N5O. The zero-order valence-electron chi connectivity index (χ0n) is 15.8.